The van der Waals surface area contributed by atoms with Gasteiger partial charge in [0.2, 0.25) is 3.79 Å². The summed E-state index contributed by atoms with van der Waals surface area (Å²) >= 11 is 17.2. The first-order valence-electron chi connectivity index (χ1n) is 11.6. The molecule has 1 saturated carbocycles. The molecule has 1 aliphatic carbocycles. The number of carboxylic acids is 1. The van der Waals surface area contributed by atoms with Crippen molar-refractivity contribution < 1.29 is 33.7 Å². The third kappa shape index (κ3) is 10.5. The minimum atomic E-state index is -1.76. The molecule has 4 atom stereocenters. The van der Waals surface area contributed by atoms with Gasteiger partial charge >= 0.3 is 18.0 Å². The quantitative estimate of drug-likeness (QED) is 0.154. The van der Waals surface area contributed by atoms with E-state index in [1.54, 1.807) is 7.05 Å². The van der Waals surface area contributed by atoms with Gasteiger partial charge in [0, 0.05) is 32.7 Å². The average molecular weight is 565 g/mol. The van der Waals surface area contributed by atoms with Crippen LogP contribution in [0.1, 0.15) is 44.6 Å². The van der Waals surface area contributed by atoms with Crippen molar-refractivity contribution in [2.75, 3.05) is 13.7 Å². The van der Waals surface area contributed by atoms with Crippen LogP contribution in [0.4, 0.5) is 4.79 Å². The molecule has 1 fully saturated rings. The molecular formula is C25H32Cl3NO7. The van der Waals surface area contributed by atoms with Crippen LogP contribution in [0.5, 0.6) is 0 Å². The van der Waals surface area contributed by atoms with Gasteiger partial charge in [-0.2, -0.15) is 0 Å². The highest BCUT2D eigenvalue weighted by molar-refractivity contribution is 6.67. The van der Waals surface area contributed by atoms with Crippen LogP contribution >= 0.6 is 34.8 Å². The van der Waals surface area contributed by atoms with E-state index in [0.29, 0.717) is 32.3 Å². The molecule has 1 aliphatic rings. The summed E-state index contributed by atoms with van der Waals surface area (Å²) in [6.07, 6.45) is 4.29. The van der Waals surface area contributed by atoms with Crippen molar-refractivity contribution in [2.45, 2.75) is 67.7 Å². The number of likely N-dealkylation sites (N-methyl/N-ethyl adjacent to an activating group) is 1. The fraction of sp³-hybridized carbons (Fsp3) is 0.560. The van der Waals surface area contributed by atoms with Gasteiger partial charge in [-0.15, -0.1) is 0 Å². The van der Waals surface area contributed by atoms with Crippen LogP contribution < -0.4 is 0 Å². The number of allylic oxidation sites excluding steroid dienone is 2. The number of rotatable bonds is 12. The highest BCUT2D eigenvalue weighted by atomic mass is 35.6. The second kappa shape index (κ2) is 14.7. The minimum absolute atomic E-state index is 0.0888. The first-order chi connectivity index (χ1) is 17.0. The molecule has 1 aromatic rings. The predicted molar refractivity (Wildman–Crippen MR) is 137 cm³/mol. The normalized spacial score (nSPS) is 21.9. The summed E-state index contributed by atoms with van der Waals surface area (Å²) in [6, 6.07) is 9.11. The Morgan fingerprint density at radius 3 is 2.44 bits per heavy atom. The number of amides is 1. The molecule has 1 aromatic carbocycles. The molecule has 0 bridgehead atoms. The molecule has 0 spiro atoms. The van der Waals surface area contributed by atoms with Crippen molar-refractivity contribution in [3.63, 3.8) is 0 Å². The Bertz CT molecular complexity index is 891. The van der Waals surface area contributed by atoms with Gasteiger partial charge in [-0.25, -0.2) is 4.79 Å². The monoisotopic (exact) mass is 563 g/mol. The highest BCUT2D eigenvalue weighted by Crippen LogP contribution is 2.38. The molecule has 1 amide bonds. The summed E-state index contributed by atoms with van der Waals surface area (Å²) in [5, 5.41) is 8.82. The number of carbonyl (C=O) groups excluding carboxylic acids is 2. The van der Waals surface area contributed by atoms with Crippen molar-refractivity contribution in [1.29, 1.82) is 0 Å². The fourth-order valence-electron chi connectivity index (χ4n) is 4.28. The van der Waals surface area contributed by atoms with Gasteiger partial charge in [-0.3, -0.25) is 9.59 Å². The van der Waals surface area contributed by atoms with Gasteiger partial charge in [0.05, 0.1) is 18.8 Å². The molecule has 0 radical (unpaired) electrons. The molecule has 200 valence electrons. The number of ether oxygens (including phenoxy) is 3. The van der Waals surface area contributed by atoms with E-state index in [1.165, 1.54) is 11.8 Å². The van der Waals surface area contributed by atoms with Crippen LogP contribution in [0.2, 0.25) is 0 Å². The number of nitrogens with zero attached hydrogens (tertiary/aromatic N) is 1. The second-order valence-electron chi connectivity index (χ2n) is 8.65. The van der Waals surface area contributed by atoms with Gasteiger partial charge in [-0.05, 0) is 24.8 Å². The largest absolute Gasteiger partial charge is 0.481 e. The number of alkyl halides is 3. The number of carboxylic acid groups (broad SMARTS) is 1. The Labute approximate surface area is 226 Å². The van der Waals surface area contributed by atoms with Crippen LogP contribution in [-0.2, 0) is 30.4 Å². The predicted octanol–water partition coefficient (Wildman–Crippen LogP) is 5.53. The maximum absolute atomic E-state index is 12.8. The van der Waals surface area contributed by atoms with Crippen molar-refractivity contribution >= 4 is 52.8 Å². The standard InChI is InChI=1S/C25H32Cl3NO7/c1-17(30)36-21-14-20(34-15-18-10-6-5-7-11-18)19(12-8-3-4-9-13-22(31)32)23(21)29(2)24(33)35-16-25(26,27)28/h3,5-8,10-11,19-21,23H,4,9,12-16H2,1-2H3,(H,31,32)/b8-3-/t19-,20-,21+,23+/m1/s1. The lowest BCUT2D eigenvalue weighted by atomic mass is 9.95. The maximum atomic E-state index is 12.8. The Kier molecular flexibility index (Phi) is 12.3. The number of benzene rings is 1. The van der Waals surface area contributed by atoms with E-state index in [0.717, 1.165) is 5.56 Å². The molecule has 1 N–H and O–H groups in total. The van der Waals surface area contributed by atoms with Crippen LogP contribution in [0.3, 0.4) is 0 Å². The molecule has 8 nitrogen and oxygen atoms in total. The molecule has 0 saturated heterocycles. The number of aliphatic carboxylic acids is 1. The van der Waals surface area contributed by atoms with Crippen LogP contribution in [0.15, 0.2) is 42.5 Å². The van der Waals surface area contributed by atoms with Gasteiger partial charge in [-0.1, -0.05) is 77.3 Å². The van der Waals surface area contributed by atoms with Gasteiger partial charge in [0.1, 0.15) is 12.7 Å². The second-order valence-corrected chi connectivity index (χ2v) is 11.2. The molecule has 11 heteroatoms. The van der Waals surface area contributed by atoms with Crippen molar-refractivity contribution in [3.05, 3.63) is 48.0 Å². The summed E-state index contributed by atoms with van der Waals surface area (Å²) < 4.78 is 15.2. The molecule has 0 unspecified atom stereocenters. The number of hydrogen-bond acceptors (Lipinski definition) is 6. The van der Waals surface area contributed by atoms with Crippen molar-refractivity contribution in [3.8, 4) is 0 Å². The Balaban J connectivity index is 2.21. The SMILES string of the molecule is CC(=O)O[C@H]1C[C@@H](OCc2ccccc2)[C@@H](C/C=C\CCCC(=O)O)[C@@H]1N(C)C(=O)OCC(Cl)(Cl)Cl. The highest BCUT2D eigenvalue weighted by Gasteiger charge is 2.49. The van der Waals surface area contributed by atoms with Gasteiger partial charge in [0.15, 0.2) is 0 Å². The van der Waals surface area contributed by atoms with Crippen molar-refractivity contribution in [2.24, 2.45) is 5.92 Å². The van der Waals surface area contributed by atoms with Crippen LogP contribution in [-0.4, -0.2) is 63.7 Å². The zero-order valence-corrected chi connectivity index (χ0v) is 22.5. The molecule has 0 aliphatic heterocycles. The van der Waals surface area contributed by atoms with E-state index in [2.05, 4.69) is 0 Å². The lowest BCUT2D eigenvalue weighted by Gasteiger charge is -2.33. The smallest absolute Gasteiger partial charge is 0.410 e. The average Bonchev–Trinajstić information content (AvgIpc) is 3.13. The topological polar surface area (TPSA) is 102 Å². The lowest BCUT2D eigenvalue weighted by molar-refractivity contribution is -0.148. The number of carbonyl (C=O) groups is 3. The molecule has 2 rings (SSSR count). The van der Waals surface area contributed by atoms with Gasteiger partial charge < -0.3 is 24.2 Å². The Morgan fingerprint density at radius 2 is 1.83 bits per heavy atom. The third-order valence-corrected chi connectivity index (χ3v) is 6.14. The molecule has 36 heavy (non-hydrogen) atoms. The number of halogens is 3. The first kappa shape index (κ1) is 30.2. The van der Waals surface area contributed by atoms with E-state index < -0.39 is 40.6 Å². The summed E-state index contributed by atoms with van der Waals surface area (Å²) in [7, 11) is 1.55. The molecular weight excluding hydrogens is 533 g/mol. The van der Waals surface area contributed by atoms with E-state index >= 15 is 0 Å². The number of esters is 1. The fourth-order valence-corrected chi connectivity index (χ4v) is 4.44. The van der Waals surface area contributed by atoms with Gasteiger partial charge in [0.25, 0.3) is 0 Å². The lowest BCUT2D eigenvalue weighted by Crippen LogP contribution is -2.48. The Hall–Kier alpha value is -2.00. The summed E-state index contributed by atoms with van der Waals surface area (Å²) in [5.74, 6) is -1.55. The van der Waals surface area contributed by atoms with E-state index in [4.69, 9.17) is 54.1 Å². The summed E-state index contributed by atoms with van der Waals surface area (Å²) in [5.41, 5.74) is 0.989. The van der Waals surface area contributed by atoms with E-state index in [-0.39, 0.29) is 18.4 Å². The molecule has 0 heterocycles. The minimum Gasteiger partial charge on any atom is -0.481 e. The van der Waals surface area contributed by atoms with Crippen molar-refractivity contribution in [1.82, 2.24) is 4.90 Å². The zero-order valence-electron chi connectivity index (χ0n) is 20.3. The zero-order chi connectivity index (χ0) is 26.7. The number of unbranched alkanes of at least 4 members (excludes halogenated alkanes) is 1. The molecule has 0 aromatic heterocycles. The van der Waals surface area contributed by atoms with E-state index in [1.807, 2.05) is 42.5 Å². The summed E-state index contributed by atoms with van der Waals surface area (Å²) in [4.78, 5) is 36.8. The van der Waals surface area contributed by atoms with E-state index in [9.17, 15) is 14.4 Å². The third-order valence-electron chi connectivity index (χ3n) is 5.82. The first-order valence-corrected chi connectivity index (χ1v) is 12.8. The maximum Gasteiger partial charge on any atom is 0.410 e. The summed E-state index contributed by atoms with van der Waals surface area (Å²) in [6.45, 7) is 1.23. The van der Waals surface area contributed by atoms with Crippen LogP contribution in [0.25, 0.3) is 0 Å². The Morgan fingerprint density at radius 1 is 1.14 bits per heavy atom. The number of hydrogen-bond donors (Lipinski definition) is 1. The van der Waals surface area contributed by atoms with Crippen LogP contribution in [0, 0.1) is 5.92 Å².